The summed E-state index contributed by atoms with van der Waals surface area (Å²) in [6.45, 7) is 0. The summed E-state index contributed by atoms with van der Waals surface area (Å²) < 4.78 is 18.5. The molecule has 7 heteroatoms. The number of esters is 1. The number of nitrogens with zero attached hydrogens (tertiary/aromatic N) is 1. The molecule has 2 amide bonds. The molecule has 0 aliphatic carbocycles. The molecular weight excluding hydrogens is 363 g/mol. The third-order valence-corrected chi connectivity index (χ3v) is 5.92. The minimum Gasteiger partial charge on any atom is -0.464 e. The maximum absolute atomic E-state index is 13.4. The highest BCUT2D eigenvalue weighted by molar-refractivity contribution is 6.08. The number of imide groups is 1. The van der Waals surface area contributed by atoms with Crippen LogP contribution in [-0.4, -0.2) is 36.8 Å². The van der Waals surface area contributed by atoms with E-state index in [2.05, 4.69) is 0 Å². The van der Waals surface area contributed by atoms with Gasteiger partial charge in [0.25, 0.3) is 0 Å². The molecular formula is C21H20FN2O4+. The van der Waals surface area contributed by atoms with Gasteiger partial charge in [-0.05, 0) is 12.1 Å². The number of hydrogen-bond acceptors (Lipinski definition) is 4. The number of likely N-dealkylation sites (tertiary alicyclic amines) is 1. The molecule has 2 N–H and O–H groups in total. The van der Waals surface area contributed by atoms with Gasteiger partial charge < -0.3 is 10.1 Å². The van der Waals surface area contributed by atoms with Gasteiger partial charge in [-0.15, -0.1) is 0 Å². The molecule has 0 aromatic heterocycles. The monoisotopic (exact) mass is 383 g/mol. The van der Waals surface area contributed by atoms with E-state index in [4.69, 9.17) is 4.74 Å². The van der Waals surface area contributed by atoms with Crippen LogP contribution in [0.5, 0.6) is 0 Å². The second-order valence-corrected chi connectivity index (χ2v) is 7.21. The first-order valence-corrected chi connectivity index (χ1v) is 8.98. The molecule has 0 radical (unpaired) electrons. The molecule has 2 aromatic carbocycles. The van der Waals surface area contributed by atoms with Crippen LogP contribution in [0.4, 0.5) is 4.39 Å². The molecule has 2 fully saturated rings. The molecule has 0 saturated carbocycles. The lowest BCUT2D eigenvalue weighted by Crippen LogP contribution is -2.96. The highest BCUT2D eigenvalue weighted by Gasteiger charge is 2.72. The van der Waals surface area contributed by atoms with Crippen molar-refractivity contribution in [2.75, 3.05) is 14.2 Å². The fraction of sp³-hybridized carbons (Fsp3) is 0.286. The zero-order valence-corrected chi connectivity index (χ0v) is 15.5. The van der Waals surface area contributed by atoms with Gasteiger partial charge in [0.15, 0.2) is 0 Å². The number of ether oxygens (including phenoxy) is 1. The van der Waals surface area contributed by atoms with Gasteiger partial charge in [-0.3, -0.25) is 14.5 Å². The molecule has 0 spiro atoms. The first kappa shape index (κ1) is 18.3. The van der Waals surface area contributed by atoms with Crippen molar-refractivity contribution in [2.24, 2.45) is 11.8 Å². The van der Waals surface area contributed by atoms with E-state index in [9.17, 15) is 18.8 Å². The van der Waals surface area contributed by atoms with E-state index in [1.807, 2.05) is 6.07 Å². The second kappa shape index (κ2) is 6.53. The molecule has 0 bridgehead atoms. The third kappa shape index (κ3) is 2.39. The predicted octanol–water partition coefficient (Wildman–Crippen LogP) is 0.743. The van der Waals surface area contributed by atoms with Crippen LogP contribution >= 0.6 is 0 Å². The minimum absolute atomic E-state index is 0.345. The number of carbonyl (C=O) groups excluding carboxylic acids is 3. The number of halogens is 1. The number of hydrogen-bond donors (Lipinski definition) is 1. The average molecular weight is 383 g/mol. The van der Waals surface area contributed by atoms with Crippen molar-refractivity contribution in [1.82, 2.24) is 4.90 Å². The highest BCUT2D eigenvalue weighted by Crippen LogP contribution is 2.48. The zero-order valence-electron chi connectivity index (χ0n) is 15.5. The standard InChI is InChI=1S/C21H19FN2O4/c1-24-18(25)15-16(19(24)26)21(20(27)28-2,13-6-4-3-5-7-13)23-17(15)12-8-10-14(22)11-9-12/h3-11,15-17,23H,1-2H3/p+1/t15-,16+,17+,21+/m0/s1. The quantitative estimate of drug-likeness (QED) is 0.626. The number of nitrogens with two attached hydrogens (primary N) is 1. The van der Waals surface area contributed by atoms with Gasteiger partial charge in [0.1, 0.15) is 23.7 Å². The van der Waals surface area contributed by atoms with Gasteiger partial charge in [0.2, 0.25) is 17.4 Å². The van der Waals surface area contributed by atoms with Crippen LogP contribution in [0, 0.1) is 17.7 Å². The maximum atomic E-state index is 13.4. The Morgan fingerprint density at radius 1 is 1.07 bits per heavy atom. The molecule has 4 atom stereocenters. The first-order chi connectivity index (χ1) is 13.4. The lowest BCUT2D eigenvalue weighted by atomic mass is 9.75. The van der Waals surface area contributed by atoms with Crippen LogP contribution in [0.1, 0.15) is 17.2 Å². The Labute approximate surface area is 161 Å². The molecule has 2 aromatic rings. The van der Waals surface area contributed by atoms with E-state index in [0.717, 1.165) is 4.90 Å². The molecule has 28 heavy (non-hydrogen) atoms. The zero-order chi connectivity index (χ0) is 20.1. The van der Waals surface area contributed by atoms with Crippen molar-refractivity contribution in [1.29, 1.82) is 0 Å². The third-order valence-electron chi connectivity index (χ3n) is 5.92. The number of fused-ring (bicyclic) bond motifs is 1. The molecule has 2 heterocycles. The van der Waals surface area contributed by atoms with Gasteiger partial charge >= 0.3 is 5.97 Å². The fourth-order valence-corrected chi connectivity index (χ4v) is 4.63. The minimum atomic E-state index is -1.39. The predicted molar refractivity (Wildman–Crippen MR) is 96.0 cm³/mol. The molecule has 6 nitrogen and oxygen atoms in total. The van der Waals surface area contributed by atoms with Crippen molar-refractivity contribution < 1.29 is 28.8 Å². The Kier molecular flexibility index (Phi) is 4.27. The van der Waals surface area contributed by atoms with Crippen molar-refractivity contribution in [3.63, 3.8) is 0 Å². The summed E-state index contributed by atoms with van der Waals surface area (Å²) in [6.07, 6.45) is 0. The molecule has 2 aliphatic heterocycles. The van der Waals surface area contributed by atoms with Crippen LogP contribution < -0.4 is 5.32 Å². The SMILES string of the molecule is COC(=O)[C@]1(c2ccccc2)[NH2+][C@H](c2ccc(F)cc2)[C@H]2C(=O)N(C)C(=O)[C@@H]21. The molecule has 2 saturated heterocycles. The number of methoxy groups -OCH3 is 1. The lowest BCUT2D eigenvalue weighted by Gasteiger charge is -2.29. The van der Waals surface area contributed by atoms with E-state index >= 15 is 0 Å². The summed E-state index contributed by atoms with van der Waals surface area (Å²) in [4.78, 5) is 40.1. The van der Waals surface area contributed by atoms with E-state index < -0.39 is 41.1 Å². The number of rotatable bonds is 3. The maximum Gasteiger partial charge on any atom is 0.373 e. The largest absolute Gasteiger partial charge is 0.464 e. The molecule has 144 valence electrons. The Morgan fingerprint density at radius 3 is 2.32 bits per heavy atom. The van der Waals surface area contributed by atoms with Crippen LogP contribution in [0.15, 0.2) is 54.6 Å². The fourth-order valence-electron chi connectivity index (χ4n) is 4.63. The van der Waals surface area contributed by atoms with Crippen molar-refractivity contribution >= 4 is 17.8 Å². The second-order valence-electron chi connectivity index (χ2n) is 7.21. The lowest BCUT2D eigenvalue weighted by molar-refractivity contribution is -0.742. The van der Waals surface area contributed by atoms with Crippen molar-refractivity contribution in [2.45, 2.75) is 11.6 Å². The number of quaternary nitrogens is 1. The summed E-state index contributed by atoms with van der Waals surface area (Å²) in [5, 5.41) is 1.74. The summed E-state index contributed by atoms with van der Waals surface area (Å²) in [5.41, 5.74) is -0.121. The van der Waals surface area contributed by atoms with Gasteiger partial charge in [0, 0.05) is 18.2 Å². The van der Waals surface area contributed by atoms with Crippen molar-refractivity contribution in [3.05, 3.63) is 71.5 Å². The van der Waals surface area contributed by atoms with Crippen LogP contribution in [0.2, 0.25) is 0 Å². The summed E-state index contributed by atoms with van der Waals surface area (Å²) in [7, 11) is 2.70. The topological polar surface area (TPSA) is 80.3 Å². The molecule has 0 unspecified atom stereocenters. The van der Waals surface area contributed by atoms with E-state index in [0.29, 0.717) is 11.1 Å². The summed E-state index contributed by atoms with van der Waals surface area (Å²) >= 11 is 0. The van der Waals surface area contributed by atoms with E-state index in [-0.39, 0.29) is 5.91 Å². The normalized spacial score (nSPS) is 29.1. The van der Waals surface area contributed by atoms with Crippen LogP contribution in [0.3, 0.4) is 0 Å². The van der Waals surface area contributed by atoms with Gasteiger partial charge in [-0.1, -0.05) is 42.5 Å². The van der Waals surface area contributed by atoms with Gasteiger partial charge in [-0.25, -0.2) is 9.18 Å². The van der Waals surface area contributed by atoms with Gasteiger partial charge in [0.05, 0.1) is 7.11 Å². The Bertz CT molecular complexity index is 947. The van der Waals surface area contributed by atoms with Crippen LogP contribution in [0.25, 0.3) is 0 Å². The first-order valence-electron chi connectivity index (χ1n) is 8.98. The Morgan fingerprint density at radius 2 is 1.71 bits per heavy atom. The number of carbonyl (C=O) groups is 3. The van der Waals surface area contributed by atoms with Crippen LogP contribution in [-0.2, 0) is 24.7 Å². The molecule has 2 aliphatic rings. The average Bonchev–Trinajstić information content (AvgIpc) is 3.19. The van der Waals surface area contributed by atoms with E-state index in [1.54, 1.807) is 41.7 Å². The summed E-state index contributed by atoms with van der Waals surface area (Å²) in [6, 6.07) is 14.1. The summed E-state index contributed by atoms with van der Waals surface area (Å²) in [5.74, 6) is -3.40. The Balaban J connectivity index is 1.94. The van der Waals surface area contributed by atoms with E-state index in [1.165, 1.54) is 26.3 Å². The molecule has 4 rings (SSSR count). The van der Waals surface area contributed by atoms with Crippen molar-refractivity contribution in [3.8, 4) is 0 Å². The Hall–Kier alpha value is -3.06. The van der Waals surface area contributed by atoms with Gasteiger partial charge in [-0.2, -0.15) is 0 Å². The number of amides is 2. The smallest absolute Gasteiger partial charge is 0.373 e. The highest BCUT2D eigenvalue weighted by atomic mass is 19.1. The number of benzene rings is 2.